The highest BCUT2D eigenvalue weighted by Gasteiger charge is 2.38. The van der Waals surface area contributed by atoms with E-state index in [1.165, 1.54) is 0 Å². The molecule has 2 N–H and O–H groups in total. The van der Waals surface area contributed by atoms with E-state index in [4.69, 9.17) is 9.90 Å². The molecule has 4 rings (SSSR count). The fourth-order valence-corrected chi connectivity index (χ4v) is 2.56. The van der Waals surface area contributed by atoms with Gasteiger partial charge in [-0.1, -0.05) is 36.9 Å². The number of aliphatic carboxylic acids is 1. The molecular weight excluding hydrogens is 385 g/mol. The van der Waals surface area contributed by atoms with E-state index in [0.29, 0.717) is 0 Å². The number of H-pyrrole nitrogens is 1. The van der Waals surface area contributed by atoms with Gasteiger partial charge >= 0.3 is 12.1 Å². The van der Waals surface area contributed by atoms with Gasteiger partial charge in [-0.2, -0.15) is 18.3 Å². The van der Waals surface area contributed by atoms with Crippen LogP contribution in [0.25, 0.3) is 22.3 Å². The summed E-state index contributed by atoms with van der Waals surface area (Å²) in [5.74, 6) is -2.76. The minimum atomic E-state index is -5.08. The highest BCUT2D eigenvalue weighted by atomic mass is 19.4. The smallest absolute Gasteiger partial charge is 0.475 e. The number of hydrogen-bond donors (Lipinski definition) is 2. The van der Waals surface area contributed by atoms with Crippen LogP contribution in [-0.2, 0) is 4.79 Å². The number of rotatable bonds is 3. The molecule has 0 radical (unpaired) electrons. The molecule has 3 heterocycles. The van der Waals surface area contributed by atoms with Crippen LogP contribution >= 0.6 is 0 Å². The monoisotopic (exact) mass is 400 g/mol. The molecule has 6 nitrogen and oxygen atoms in total. The molecule has 0 atom stereocenters. The van der Waals surface area contributed by atoms with Crippen molar-refractivity contribution in [2.45, 2.75) is 6.18 Å². The number of carboxylic acids is 1. The molecule has 1 aromatic carbocycles. The highest BCUT2D eigenvalue weighted by Crippen LogP contribution is 2.24. The molecule has 0 bridgehead atoms. The maximum atomic E-state index is 10.6. The standard InChI is InChI=1S/C18H14N4.C2HF3O2/c1-13(14-5-3-2-4-6-14)15-11-21-22(12-15)17-8-10-20-18-16(17)7-9-19-18;3-2(4,5)1(6)7/h2-12H,1H2,(H,19,20);(H,6,7). The van der Waals surface area contributed by atoms with Crippen molar-refractivity contribution in [3.63, 3.8) is 0 Å². The zero-order chi connectivity index (χ0) is 21.0. The number of pyridine rings is 1. The zero-order valence-electron chi connectivity index (χ0n) is 14.9. The van der Waals surface area contributed by atoms with Crippen LogP contribution in [-0.4, -0.2) is 37.0 Å². The lowest BCUT2D eigenvalue weighted by atomic mass is 10.0. The number of aromatic nitrogens is 4. The van der Waals surface area contributed by atoms with Crippen LogP contribution in [0.4, 0.5) is 13.2 Å². The summed E-state index contributed by atoms with van der Waals surface area (Å²) in [7, 11) is 0. The summed E-state index contributed by atoms with van der Waals surface area (Å²) < 4.78 is 33.6. The Morgan fingerprint density at radius 3 is 2.45 bits per heavy atom. The van der Waals surface area contributed by atoms with E-state index in [1.807, 2.05) is 53.6 Å². The van der Waals surface area contributed by atoms with E-state index in [0.717, 1.165) is 33.4 Å². The van der Waals surface area contributed by atoms with Gasteiger partial charge in [0.1, 0.15) is 5.65 Å². The predicted molar refractivity (Wildman–Crippen MR) is 101 cm³/mol. The Bertz CT molecular complexity index is 1150. The summed E-state index contributed by atoms with van der Waals surface area (Å²) in [5, 5.41) is 12.6. The van der Waals surface area contributed by atoms with Crippen molar-refractivity contribution < 1.29 is 23.1 Å². The number of fused-ring (bicyclic) bond motifs is 1. The zero-order valence-corrected chi connectivity index (χ0v) is 14.9. The summed E-state index contributed by atoms with van der Waals surface area (Å²) in [6.45, 7) is 4.18. The van der Waals surface area contributed by atoms with Crippen LogP contribution in [0.3, 0.4) is 0 Å². The number of nitrogens with zero attached hydrogens (tertiary/aromatic N) is 3. The number of hydrogen-bond acceptors (Lipinski definition) is 3. The molecule has 0 fully saturated rings. The normalized spacial score (nSPS) is 11.0. The van der Waals surface area contributed by atoms with Crippen molar-refractivity contribution in [1.82, 2.24) is 19.7 Å². The lowest BCUT2D eigenvalue weighted by Gasteiger charge is -2.04. The third-order valence-electron chi connectivity index (χ3n) is 3.98. The summed E-state index contributed by atoms with van der Waals surface area (Å²) in [6.07, 6.45) is 2.42. The first-order valence-electron chi connectivity index (χ1n) is 8.29. The minimum absolute atomic E-state index is 0.858. The topological polar surface area (TPSA) is 83.8 Å². The van der Waals surface area contributed by atoms with Gasteiger partial charge in [-0.05, 0) is 23.3 Å². The molecule has 29 heavy (non-hydrogen) atoms. The molecule has 3 aromatic heterocycles. The Kier molecular flexibility index (Phi) is 5.49. The number of benzene rings is 1. The van der Waals surface area contributed by atoms with Crippen molar-refractivity contribution in [2.24, 2.45) is 0 Å². The van der Waals surface area contributed by atoms with Gasteiger partial charge in [0.2, 0.25) is 0 Å². The summed E-state index contributed by atoms with van der Waals surface area (Å²) in [5.41, 5.74) is 4.93. The quantitative estimate of drug-likeness (QED) is 0.532. The SMILES string of the molecule is C=C(c1ccccc1)c1cnn(-c2ccnc3[nH]ccc23)c1.O=C(O)C(F)(F)F. The van der Waals surface area contributed by atoms with Crippen LogP contribution < -0.4 is 0 Å². The van der Waals surface area contributed by atoms with Crippen molar-refractivity contribution >= 4 is 22.6 Å². The Balaban J connectivity index is 0.000000298. The van der Waals surface area contributed by atoms with Gasteiger partial charge < -0.3 is 10.1 Å². The molecule has 0 amide bonds. The number of carbonyl (C=O) groups is 1. The molecule has 0 aliphatic carbocycles. The number of halogens is 3. The molecule has 0 aliphatic rings. The van der Waals surface area contributed by atoms with Gasteiger partial charge in [-0.15, -0.1) is 0 Å². The number of aromatic amines is 1. The second-order valence-corrected chi connectivity index (χ2v) is 5.89. The fourth-order valence-electron chi connectivity index (χ4n) is 2.56. The van der Waals surface area contributed by atoms with E-state index in [1.54, 1.807) is 6.20 Å². The van der Waals surface area contributed by atoms with Crippen LogP contribution in [0.1, 0.15) is 11.1 Å². The van der Waals surface area contributed by atoms with Gasteiger partial charge in [0.05, 0.1) is 11.9 Å². The first-order chi connectivity index (χ1) is 13.8. The first kappa shape index (κ1) is 19.9. The van der Waals surface area contributed by atoms with Gasteiger partial charge in [-0.25, -0.2) is 14.5 Å². The maximum Gasteiger partial charge on any atom is 0.490 e. The van der Waals surface area contributed by atoms with Gasteiger partial charge in [0.15, 0.2) is 0 Å². The van der Waals surface area contributed by atoms with Crippen molar-refractivity contribution in [3.8, 4) is 5.69 Å². The molecule has 0 spiro atoms. The largest absolute Gasteiger partial charge is 0.490 e. The Hall–Kier alpha value is -3.88. The number of carboxylic acid groups (broad SMARTS) is 1. The maximum absolute atomic E-state index is 10.6. The predicted octanol–water partition coefficient (Wildman–Crippen LogP) is 4.44. The Labute approximate surface area is 162 Å². The average molecular weight is 400 g/mol. The Morgan fingerprint density at radius 2 is 1.79 bits per heavy atom. The molecule has 148 valence electrons. The van der Waals surface area contributed by atoms with Crippen molar-refractivity contribution in [3.05, 3.63) is 85.0 Å². The summed E-state index contributed by atoms with van der Waals surface area (Å²) in [6, 6.07) is 14.1. The third-order valence-corrected chi connectivity index (χ3v) is 3.98. The van der Waals surface area contributed by atoms with Crippen molar-refractivity contribution in [1.29, 1.82) is 0 Å². The summed E-state index contributed by atoms with van der Waals surface area (Å²) >= 11 is 0. The van der Waals surface area contributed by atoms with Gasteiger partial charge in [0.25, 0.3) is 0 Å². The van der Waals surface area contributed by atoms with Crippen LogP contribution in [0.5, 0.6) is 0 Å². The van der Waals surface area contributed by atoms with E-state index >= 15 is 0 Å². The van der Waals surface area contributed by atoms with Crippen LogP contribution in [0.15, 0.2) is 73.8 Å². The van der Waals surface area contributed by atoms with Crippen LogP contribution in [0, 0.1) is 0 Å². The summed E-state index contributed by atoms with van der Waals surface area (Å²) in [4.78, 5) is 16.3. The fraction of sp³-hybridized carbons (Fsp3) is 0.0500. The first-order valence-corrected chi connectivity index (χ1v) is 8.29. The lowest BCUT2D eigenvalue weighted by Crippen LogP contribution is -2.21. The van der Waals surface area contributed by atoms with Crippen LogP contribution in [0.2, 0.25) is 0 Å². The lowest BCUT2D eigenvalue weighted by molar-refractivity contribution is -0.192. The highest BCUT2D eigenvalue weighted by molar-refractivity contribution is 5.85. The van der Waals surface area contributed by atoms with E-state index in [9.17, 15) is 13.2 Å². The molecule has 4 aromatic rings. The second-order valence-electron chi connectivity index (χ2n) is 5.89. The van der Waals surface area contributed by atoms with Gasteiger partial charge in [-0.3, -0.25) is 0 Å². The molecular formula is C20H15F3N4O2. The Morgan fingerprint density at radius 1 is 1.10 bits per heavy atom. The molecule has 0 saturated carbocycles. The number of alkyl halides is 3. The number of nitrogens with one attached hydrogen (secondary N) is 1. The molecule has 0 unspecified atom stereocenters. The van der Waals surface area contributed by atoms with E-state index < -0.39 is 12.1 Å². The van der Waals surface area contributed by atoms with E-state index in [2.05, 4.69) is 33.8 Å². The second kappa shape index (κ2) is 8.01. The molecule has 0 aliphatic heterocycles. The third kappa shape index (κ3) is 4.52. The molecule has 0 saturated heterocycles. The molecule has 9 heteroatoms. The minimum Gasteiger partial charge on any atom is -0.475 e. The van der Waals surface area contributed by atoms with Crippen molar-refractivity contribution in [2.75, 3.05) is 0 Å². The average Bonchev–Trinajstić information content (AvgIpc) is 3.37. The van der Waals surface area contributed by atoms with Gasteiger partial charge in [0, 0.05) is 29.5 Å². The van der Waals surface area contributed by atoms with E-state index in [-0.39, 0.29) is 0 Å².